The molecule has 1 unspecified atom stereocenters. The molecule has 1 atom stereocenters. The second kappa shape index (κ2) is 3.58. The maximum atomic E-state index is 5.64. The van der Waals surface area contributed by atoms with Gasteiger partial charge in [0, 0.05) is 25.5 Å². The predicted octanol–water partition coefficient (Wildman–Crippen LogP) is 1.30. The summed E-state index contributed by atoms with van der Waals surface area (Å²) in [6.07, 6.45) is 6.38. The quantitative estimate of drug-likeness (QED) is 0.695. The van der Waals surface area contributed by atoms with E-state index in [0.29, 0.717) is 6.04 Å². The molecule has 0 bridgehead atoms. The molecule has 2 N–H and O–H groups in total. The Morgan fingerprint density at radius 1 is 1.64 bits per heavy atom. The minimum atomic E-state index is 0.315. The third-order valence-corrected chi connectivity index (χ3v) is 1.78. The van der Waals surface area contributed by atoms with E-state index in [1.165, 1.54) is 5.56 Å². The minimum Gasteiger partial charge on any atom is -0.357 e. The molecule has 0 spiro atoms. The van der Waals surface area contributed by atoms with Crippen LogP contribution in [0.5, 0.6) is 0 Å². The fourth-order valence-electron chi connectivity index (χ4n) is 1.10. The normalized spacial score (nSPS) is 13.4. The van der Waals surface area contributed by atoms with Gasteiger partial charge in [-0.25, -0.2) is 0 Å². The number of hydrogen-bond acceptors (Lipinski definition) is 1. The largest absolute Gasteiger partial charge is 0.357 e. The Balaban J connectivity index is 2.39. The lowest BCUT2D eigenvalue weighted by atomic mass is 10.1. The van der Waals surface area contributed by atoms with Gasteiger partial charge in [0.15, 0.2) is 0 Å². The Labute approximate surface area is 68.0 Å². The summed E-state index contributed by atoms with van der Waals surface area (Å²) in [4.78, 5) is 0. The van der Waals surface area contributed by atoms with Crippen molar-refractivity contribution in [2.24, 2.45) is 12.8 Å². The Kier molecular flexibility index (Phi) is 2.71. The van der Waals surface area contributed by atoms with Crippen molar-refractivity contribution in [1.29, 1.82) is 0 Å². The highest BCUT2D eigenvalue weighted by Gasteiger charge is 1.97. The van der Waals surface area contributed by atoms with Crippen LogP contribution >= 0.6 is 0 Å². The van der Waals surface area contributed by atoms with Crippen LogP contribution in [0.2, 0.25) is 0 Å². The van der Waals surface area contributed by atoms with E-state index in [1.54, 1.807) is 0 Å². The lowest BCUT2D eigenvalue weighted by molar-refractivity contribution is 0.665. The molecule has 0 aromatic carbocycles. The third kappa shape index (κ3) is 2.76. The molecule has 0 saturated heterocycles. The minimum absolute atomic E-state index is 0.315. The highest BCUT2D eigenvalue weighted by Crippen LogP contribution is 2.03. The number of nitrogens with two attached hydrogens (primary N) is 1. The molecule has 11 heavy (non-hydrogen) atoms. The Morgan fingerprint density at radius 3 is 2.82 bits per heavy atom. The van der Waals surface area contributed by atoms with Gasteiger partial charge < -0.3 is 10.3 Å². The van der Waals surface area contributed by atoms with E-state index in [9.17, 15) is 0 Å². The van der Waals surface area contributed by atoms with Crippen LogP contribution in [0.1, 0.15) is 18.9 Å². The average Bonchev–Trinajstić information content (AvgIpc) is 2.31. The van der Waals surface area contributed by atoms with Gasteiger partial charge in [0.1, 0.15) is 0 Å². The molecule has 2 heteroatoms. The highest BCUT2D eigenvalue weighted by molar-refractivity contribution is 5.09. The lowest BCUT2D eigenvalue weighted by Crippen LogP contribution is -2.15. The molecule has 0 aliphatic rings. The Morgan fingerprint density at radius 2 is 2.36 bits per heavy atom. The molecule has 0 aliphatic heterocycles. The summed E-state index contributed by atoms with van der Waals surface area (Å²) < 4.78 is 2.07. The van der Waals surface area contributed by atoms with Crippen LogP contribution in [0.3, 0.4) is 0 Å². The van der Waals surface area contributed by atoms with E-state index in [4.69, 9.17) is 5.73 Å². The Hall–Kier alpha value is -0.760. The van der Waals surface area contributed by atoms with Crippen LogP contribution in [0.15, 0.2) is 18.5 Å². The predicted molar refractivity (Wildman–Crippen MR) is 47.4 cm³/mol. The number of aromatic nitrogens is 1. The molecule has 1 aromatic rings. The highest BCUT2D eigenvalue weighted by atomic mass is 14.9. The van der Waals surface area contributed by atoms with Gasteiger partial charge in [0.2, 0.25) is 0 Å². The van der Waals surface area contributed by atoms with Gasteiger partial charge in [-0.15, -0.1) is 0 Å². The first-order valence-corrected chi connectivity index (χ1v) is 4.05. The van der Waals surface area contributed by atoms with Crippen molar-refractivity contribution >= 4 is 0 Å². The van der Waals surface area contributed by atoms with Gasteiger partial charge in [0.05, 0.1) is 0 Å². The van der Waals surface area contributed by atoms with E-state index in [2.05, 4.69) is 23.0 Å². The van der Waals surface area contributed by atoms with Crippen molar-refractivity contribution in [3.8, 4) is 0 Å². The summed E-state index contributed by atoms with van der Waals surface area (Å²) in [6.45, 7) is 2.04. The molecular weight excluding hydrogens is 136 g/mol. The van der Waals surface area contributed by atoms with Crippen molar-refractivity contribution in [2.75, 3.05) is 0 Å². The smallest absolute Gasteiger partial charge is 0.0106 e. The second-order valence-corrected chi connectivity index (χ2v) is 3.20. The maximum Gasteiger partial charge on any atom is 0.0106 e. The van der Waals surface area contributed by atoms with Crippen molar-refractivity contribution in [3.05, 3.63) is 24.0 Å². The van der Waals surface area contributed by atoms with Crippen molar-refractivity contribution in [2.45, 2.75) is 25.8 Å². The lowest BCUT2D eigenvalue weighted by Gasteiger charge is -2.01. The zero-order chi connectivity index (χ0) is 8.27. The number of rotatable bonds is 3. The summed E-state index contributed by atoms with van der Waals surface area (Å²) in [5.74, 6) is 0. The topological polar surface area (TPSA) is 30.9 Å². The zero-order valence-electron chi connectivity index (χ0n) is 7.25. The summed E-state index contributed by atoms with van der Waals surface area (Å²) in [7, 11) is 2.04. The van der Waals surface area contributed by atoms with Crippen molar-refractivity contribution < 1.29 is 0 Å². The van der Waals surface area contributed by atoms with Gasteiger partial charge >= 0.3 is 0 Å². The average molecular weight is 152 g/mol. The van der Waals surface area contributed by atoms with Gasteiger partial charge in [0.25, 0.3) is 0 Å². The molecule has 1 aromatic heterocycles. The molecular formula is C9H16N2. The second-order valence-electron chi connectivity index (χ2n) is 3.20. The molecule has 0 aliphatic carbocycles. The summed E-state index contributed by atoms with van der Waals surface area (Å²) in [5, 5.41) is 0. The number of hydrogen-bond donors (Lipinski definition) is 1. The summed E-state index contributed by atoms with van der Waals surface area (Å²) in [5.41, 5.74) is 7.02. The molecule has 0 fully saturated rings. The van der Waals surface area contributed by atoms with E-state index >= 15 is 0 Å². The zero-order valence-corrected chi connectivity index (χ0v) is 7.25. The molecule has 0 amide bonds. The summed E-state index contributed by atoms with van der Waals surface area (Å²) in [6, 6.07) is 2.46. The summed E-state index contributed by atoms with van der Waals surface area (Å²) >= 11 is 0. The fraction of sp³-hybridized carbons (Fsp3) is 0.556. The maximum absolute atomic E-state index is 5.64. The van der Waals surface area contributed by atoms with Crippen molar-refractivity contribution in [3.63, 3.8) is 0 Å². The molecule has 1 heterocycles. The van der Waals surface area contributed by atoms with Gasteiger partial charge in [-0.05, 0) is 31.4 Å². The standard InChI is InChI=1S/C9H16N2/c1-8(10)3-4-9-5-6-11(2)7-9/h5-8H,3-4,10H2,1-2H3. The van der Waals surface area contributed by atoms with Crippen LogP contribution in [0.25, 0.3) is 0 Å². The van der Waals surface area contributed by atoms with Crippen LogP contribution in [0.4, 0.5) is 0 Å². The first-order valence-electron chi connectivity index (χ1n) is 4.05. The van der Waals surface area contributed by atoms with Crippen LogP contribution in [-0.4, -0.2) is 10.6 Å². The SMILES string of the molecule is CC(N)CCc1ccn(C)c1. The van der Waals surface area contributed by atoms with E-state index in [1.807, 2.05) is 14.0 Å². The molecule has 1 rings (SSSR count). The molecule has 2 nitrogen and oxygen atoms in total. The monoisotopic (exact) mass is 152 g/mol. The Bertz CT molecular complexity index is 213. The fourth-order valence-corrected chi connectivity index (χ4v) is 1.10. The number of aryl methyl sites for hydroxylation is 2. The molecule has 62 valence electrons. The first kappa shape index (κ1) is 8.34. The van der Waals surface area contributed by atoms with Crippen LogP contribution in [0, 0.1) is 0 Å². The van der Waals surface area contributed by atoms with E-state index in [-0.39, 0.29) is 0 Å². The van der Waals surface area contributed by atoms with Gasteiger partial charge in [-0.3, -0.25) is 0 Å². The van der Waals surface area contributed by atoms with E-state index < -0.39 is 0 Å². The molecule has 0 saturated carbocycles. The number of nitrogens with zero attached hydrogens (tertiary/aromatic N) is 1. The van der Waals surface area contributed by atoms with E-state index in [0.717, 1.165) is 12.8 Å². The molecule has 0 radical (unpaired) electrons. The van der Waals surface area contributed by atoms with Crippen LogP contribution < -0.4 is 5.73 Å². The van der Waals surface area contributed by atoms with Crippen LogP contribution in [-0.2, 0) is 13.5 Å². The third-order valence-electron chi connectivity index (χ3n) is 1.78. The first-order chi connectivity index (χ1) is 5.18. The van der Waals surface area contributed by atoms with Gasteiger partial charge in [-0.2, -0.15) is 0 Å². The van der Waals surface area contributed by atoms with Gasteiger partial charge in [-0.1, -0.05) is 0 Å². The van der Waals surface area contributed by atoms with Crippen molar-refractivity contribution in [1.82, 2.24) is 4.57 Å².